The molecule has 148 valence electrons. The van der Waals surface area contributed by atoms with Crippen LogP contribution in [0.1, 0.15) is 41.2 Å². The Morgan fingerprint density at radius 3 is 2.57 bits per heavy atom. The molecule has 1 atom stereocenters. The van der Waals surface area contributed by atoms with E-state index in [1.54, 1.807) is 6.20 Å². The van der Waals surface area contributed by atoms with Gasteiger partial charge in [0.25, 0.3) is 0 Å². The third-order valence-corrected chi connectivity index (χ3v) is 4.95. The number of hydrogen-bond acceptors (Lipinski definition) is 5. The van der Waals surface area contributed by atoms with Crippen LogP contribution in [0.2, 0.25) is 0 Å². The normalized spacial score (nSPS) is 15.7. The number of ether oxygens (including phenoxy) is 1. The highest BCUT2D eigenvalue weighted by atomic mass is 16.5. The molecule has 1 aliphatic rings. The van der Waals surface area contributed by atoms with E-state index in [1.165, 1.54) is 0 Å². The molecule has 3 rings (SSSR count). The second-order valence-electron chi connectivity index (χ2n) is 6.90. The second-order valence-corrected chi connectivity index (χ2v) is 6.90. The van der Waals surface area contributed by atoms with Crippen LogP contribution in [0.5, 0.6) is 0 Å². The van der Waals surface area contributed by atoms with Gasteiger partial charge in [-0.15, -0.1) is 0 Å². The largest absolute Gasteiger partial charge is 0.379 e. The van der Waals surface area contributed by atoms with E-state index in [0.717, 1.165) is 18.7 Å². The van der Waals surface area contributed by atoms with E-state index >= 15 is 0 Å². The number of amides is 1. The molecule has 1 N–H and O–H groups in total. The van der Waals surface area contributed by atoms with Gasteiger partial charge in [0, 0.05) is 50.4 Å². The molecule has 1 fully saturated rings. The van der Waals surface area contributed by atoms with Gasteiger partial charge in [-0.3, -0.25) is 19.5 Å². The van der Waals surface area contributed by atoms with E-state index in [4.69, 9.17) is 4.74 Å². The van der Waals surface area contributed by atoms with Crippen LogP contribution in [0.15, 0.2) is 54.9 Å². The third kappa shape index (κ3) is 5.97. The fraction of sp³-hybridized carbons (Fsp3) is 0.409. The van der Waals surface area contributed by atoms with Gasteiger partial charge in [0.2, 0.25) is 5.91 Å². The van der Waals surface area contributed by atoms with Gasteiger partial charge in [-0.1, -0.05) is 36.4 Å². The van der Waals surface area contributed by atoms with Crippen molar-refractivity contribution in [3.63, 3.8) is 0 Å². The van der Waals surface area contributed by atoms with Gasteiger partial charge in [-0.05, 0) is 18.1 Å². The van der Waals surface area contributed by atoms with E-state index in [1.807, 2.05) is 48.7 Å². The number of carbonyl (C=O) groups excluding carboxylic acids is 2. The lowest BCUT2D eigenvalue weighted by Gasteiger charge is -2.34. The first-order chi connectivity index (χ1) is 13.7. The molecule has 28 heavy (non-hydrogen) atoms. The lowest BCUT2D eigenvalue weighted by Crippen LogP contribution is -2.43. The van der Waals surface area contributed by atoms with Crippen molar-refractivity contribution in [1.29, 1.82) is 0 Å². The fourth-order valence-electron chi connectivity index (χ4n) is 3.40. The zero-order valence-electron chi connectivity index (χ0n) is 16.0. The van der Waals surface area contributed by atoms with Gasteiger partial charge in [0.15, 0.2) is 5.78 Å². The number of nitrogens with zero attached hydrogens (tertiary/aromatic N) is 2. The molecule has 1 aromatic heterocycles. The number of rotatable bonds is 9. The molecule has 0 radical (unpaired) electrons. The Hall–Kier alpha value is -2.57. The van der Waals surface area contributed by atoms with Crippen molar-refractivity contribution in [3.05, 3.63) is 66.0 Å². The van der Waals surface area contributed by atoms with E-state index in [-0.39, 0.29) is 17.7 Å². The van der Waals surface area contributed by atoms with Crippen LogP contribution in [0.3, 0.4) is 0 Å². The fourth-order valence-corrected chi connectivity index (χ4v) is 3.40. The van der Waals surface area contributed by atoms with Gasteiger partial charge < -0.3 is 10.1 Å². The highest BCUT2D eigenvalue weighted by Crippen LogP contribution is 2.20. The summed E-state index contributed by atoms with van der Waals surface area (Å²) in [6, 6.07) is 13.2. The van der Waals surface area contributed by atoms with Crippen LogP contribution in [-0.4, -0.2) is 54.4 Å². The van der Waals surface area contributed by atoms with Crippen LogP contribution in [0.25, 0.3) is 0 Å². The van der Waals surface area contributed by atoms with Crippen LogP contribution in [0.4, 0.5) is 0 Å². The Balaban J connectivity index is 1.47. The van der Waals surface area contributed by atoms with Crippen molar-refractivity contribution in [2.75, 3.05) is 32.8 Å². The third-order valence-electron chi connectivity index (χ3n) is 4.95. The SMILES string of the molecule is O=C(CCCC(=O)c1ccccc1)NCC(c1cccnc1)N1CCOCC1. The number of Topliss-reactive ketones (excluding diaryl/α,β-unsaturated/α-hetero) is 1. The molecule has 0 aliphatic carbocycles. The van der Waals surface area contributed by atoms with E-state index < -0.39 is 0 Å². The summed E-state index contributed by atoms with van der Waals surface area (Å²) in [6.45, 7) is 3.60. The molecule has 1 saturated heterocycles. The standard InChI is InChI=1S/C22H27N3O3/c26-21(18-6-2-1-3-7-18)9-4-10-22(27)24-17-20(19-8-5-11-23-16-19)25-12-14-28-15-13-25/h1-3,5-8,11,16,20H,4,9-10,12-15,17H2,(H,24,27). The zero-order valence-corrected chi connectivity index (χ0v) is 16.0. The maximum atomic E-state index is 12.3. The predicted molar refractivity (Wildman–Crippen MR) is 107 cm³/mol. The highest BCUT2D eigenvalue weighted by molar-refractivity contribution is 5.96. The average Bonchev–Trinajstić information content (AvgIpc) is 2.76. The first-order valence-electron chi connectivity index (χ1n) is 9.80. The van der Waals surface area contributed by atoms with Gasteiger partial charge in [-0.2, -0.15) is 0 Å². The Morgan fingerprint density at radius 2 is 1.86 bits per heavy atom. The van der Waals surface area contributed by atoms with Crippen LogP contribution in [-0.2, 0) is 9.53 Å². The van der Waals surface area contributed by atoms with E-state index in [2.05, 4.69) is 15.2 Å². The van der Waals surface area contributed by atoms with Crippen LogP contribution < -0.4 is 5.32 Å². The zero-order chi connectivity index (χ0) is 19.6. The van der Waals surface area contributed by atoms with Crippen molar-refractivity contribution in [1.82, 2.24) is 15.2 Å². The van der Waals surface area contributed by atoms with Crippen molar-refractivity contribution in [2.45, 2.75) is 25.3 Å². The molecule has 2 heterocycles. The topological polar surface area (TPSA) is 71.5 Å². The van der Waals surface area contributed by atoms with Crippen molar-refractivity contribution in [2.24, 2.45) is 0 Å². The molecule has 2 aromatic rings. The predicted octanol–water partition coefficient (Wildman–Crippen LogP) is 2.62. The second kappa shape index (κ2) is 10.7. The van der Waals surface area contributed by atoms with Crippen LogP contribution in [0, 0.1) is 0 Å². The number of aromatic nitrogens is 1. The number of benzene rings is 1. The molecule has 6 nitrogen and oxygen atoms in total. The Bertz CT molecular complexity index is 746. The lowest BCUT2D eigenvalue weighted by atomic mass is 10.0. The number of ketones is 1. The molecule has 1 amide bonds. The number of carbonyl (C=O) groups is 2. The van der Waals surface area contributed by atoms with Gasteiger partial charge in [0.1, 0.15) is 0 Å². The quantitative estimate of drug-likeness (QED) is 0.676. The minimum absolute atomic E-state index is 0.0250. The minimum atomic E-state index is -0.0250. The first kappa shape index (κ1) is 20.2. The minimum Gasteiger partial charge on any atom is -0.379 e. The Morgan fingerprint density at radius 1 is 1.07 bits per heavy atom. The molecule has 0 saturated carbocycles. The Kier molecular flexibility index (Phi) is 7.70. The first-order valence-corrected chi connectivity index (χ1v) is 9.80. The summed E-state index contributed by atoms with van der Waals surface area (Å²) >= 11 is 0. The summed E-state index contributed by atoms with van der Waals surface area (Å²) in [7, 11) is 0. The van der Waals surface area contributed by atoms with Gasteiger partial charge in [0.05, 0.1) is 19.3 Å². The monoisotopic (exact) mass is 381 g/mol. The van der Waals surface area contributed by atoms with Gasteiger partial charge in [-0.25, -0.2) is 0 Å². The van der Waals surface area contributed by atoms with E-state index in [9.17, 15) is 9.59 Å². The van der Waals surface area contributed by atoms with Crippen molar-refractivity contribution in [3.8, 4) is 0 Å². The summed E-state index contributed by atoms with van der Waals surface area (Å²) in [5.41, 5.74) is 1.79. The van der Waals surface area contributed by atoms with Gasteiger partial charge >= 0.3 is 0 Å². The maximum Gasteiger partial charge on any atom is 0.220 e. The summed E-state index contributed by atoms with van der Waals surface area (Å²) in [5.74, 6) is 0.0537. The lowest BCUT2D eigenvalue weighted by molar-refractivity contribution is -0.121. The highest BCUT2D eigenvalue weighted by Gasteiger charge is 2.23. The number of hydrogen-bond donors (Lipinski definition) is 1. The average molecular weight is 381 g/mol. The summed E-state index contributed by atoms with van der Waals surface area (Å²) in [4.78, 5) is 31.0. The number of pyridine rings is 1. The molecule has 1 aromatic carbocycles. The van der Waals surface area contributed by atoms with Crippen LogP contribution >= 0.6 is 0 Å². The number of nitrogens with one attached hydrogen (secondary N) is 1. The summed E-state index contributed by atoms with van der Waals surface area (Å²) in [5, 5.41) is 3.03. The maximum absolute atomic E-state index is 12.3. The molecule has 0 bridgehead atoms. The molecule has 1 aliphatic heterocycles. The summed E-state index contributed by atoms with van der Waals surface area (Å²) < 4.78 is 5.45. The van der Waals surface area contributed by atoms with E-state index in [0.29, 0.717) is 44.6 Å². The van der Waals surface area contributed by atoms with Crippen molar-refractivity contribution < 1.29 is 14.3 Å². The van der Waals surface area contributed by atoms with Crippen molar-refractivity contribution >= 4 is 11.7 Å². The molecule has 0 spiro atoms. The summed E-state index contributed by atoms with van der Waals surface area (Å²) in [6.07, 6.45) is 4.88. The molecular weight excluding hydrogens is 354 g/mol. The molecular formula is C22H27N3O3. The Labute approximate surface area is 165 Å². The number of morpholine rings is 1. The molecule has 1 unspecified atom stereocenters. The smallest absolute Gasteiger partial charge is 0.220 e. The molecule has 6 heteroatoms.